The van der Waals surface area contributed by atoms with Gasteiger partial charge in [-0.2, -0.15) is 5.26 Å². The average Bonchev–Trinajstić information content (AvgIpc) is 2.42. The number of amides is 1. The Bertz CT molecular complexity index is 432. The van der Waals surface area contributed by atoms with Gasteiger partial charge in [0.2, 0.25) is 0 Å². The van der Waals surface area contributed by atoms with E-state index in [1.54, 1.807) is 24.3 Å². The standard InChI is InChI=1S/C15H20N2O2/c1-12(2)19-10-4-3-9-17-15(18)14-7-5-13(11-16)6-8-14/h5-8,12H,3-4,9-10H2,1-2H3,(H,17,18). The minimum atomic E-state index is -0.103. The van der Waals surface area contributed by atoms with Gasteiger partial charge in [-0.05, 0) is 51.0 Å². The van der Waals surface area contributed by atoms with Crippen molar-refractivity contribution in [3.8, 4) is 6.07 Å². The highest BCUT2D eigenvalue weighted by Crippen LogP contribution is 2.03. The summed E-state index contributed by atoms with van der Waals surface area (Å²) in [7, 11) is 0. The molecule has 0 heterocycles. The quantitative estimate of drug-likeness (QED) is 0.766. The van der Waals surface area contributed by atoms with Crippen LogP contribution in [0.15, 0.2) is 24.3 Å². The summed E-state index contributed by atoms with van der Waals surface area (Å²) in [4.78, 5) is 11.8. The lowest BCUT2D eigenvalue weighted by Crippen LogP contribution is -2.24. The first-order chi connectivity index (χ1) is 9.13. The molecule has 102 valence electrons. The van der Waals surface area contributed by atoms with Crippen LogP contribution in [0, 0.1) is 11.3 Å². The molecule has 1 aromatic carbocycles. The number of hydrogen-bond donors (Lipinski definition) is 1. The van der Waals surface area contributed by atoms with Crippen molar-refractivity contribution in [2.75, 3.05) is 13.2 Å². The van der Waals surface area contributed by atoms with E-state index >= 15 is 0 Å². The van der Waals surface area contributed by atoms with E-state index in [1.807, 2.05) is 19.9 Å². The smallest absolute Gasteiger partial charge is 0.251 e. The molecule has 0 spiro atoms. The Labute approximate surface area is 114 Å². The van der Waals surface area contributed by atoms with Crippen LogP contribution in [-0.2, 0) is 4.74 Å². The van der Waals surface area contributed by atoms with Crippen molar-refractivity contribution in [3.63, 3.8) is 0 Å². The predicted octanol–water partition coefficient (Wildman–Crippen LogP) is 2.49. The fourth-order valence-electron chi connectivity index (χ4n) is 1.55. The van der Waals surface area contributed by atoms with Gasteiger partial charge in [0.1, 0.15) is 0 Å². The summed E-state index contributed by atoms with van der Waals surface area (Å²) in [6.07, 6.45) is 2.09. The number of unbranched alkanes of at least 4 members (excludes halogenated alkanes) is 1. The van der Waals surface area contributed by atoms with Gasteiger partial charge in [0, 0.05) is 18.7 Å². The predicted molar refractivity (Wildman–Crippen MR) is 73.8 cm³/mol. The molecule has 1 amide bonds. The van der Waals surface area contributed by atoms with Gasteiger partial charge >= 0.3 is 0 Å². The number of ether oxygens (including phenoxy) is 1. The zero-order valence-electron chi connectivity index (χ0n) is 11.5. The number of hydrogen-bond acceptors (Lipinski definition) is 3. The maximum atomic E-state index is 11.8. The lowest BCUT2D eigenvalue weighted by molar-refractivity contribution is 0.0754. The van der Waals surface area contributed by atoms with E-state index in [2.05, 4.69) is 5.32 Å². The van der Waals surface area contributed by atoms with Crippen molar-refractivity contribution in [2.24, 2.45) is 0 Å². The van der Waals surface area contributed by atoms with Crippen LogP contribution in [0.1, 0.15) is 42.6 Å². The normalized spacial score (nSPS) is 10.2. The van der Waals surface area contributed by atoms with Gasteiger partial charge in [-0.25, -0.2) is 0 Å². The number of rotatable bonds is 7. The molecule has 0 unspecified atom stereocenters. The van der Waals surface area contributed by atoms with Gasteiger partial charge in [0.25, 0.3) is 5.91 Å². The van der Waals surface area contributed by atoms with Crippen LogP contribution in [0.2, 0.25) is 0 Å². The number of carbonyl (C=O) groups is 1. The van der Waals surface area contributed by atoms with Gasteiger partial charge in [-0.15, -0.1) is 0 Å². The lowest BCUT2D eigenvalue weighted by Gasteiger charge is -2.08. The first-order valence-electron chi connectivity index (χ1n) is 6.53. The monoisotopic (exact) mass is 260 g/mol. The summed E-state index contributed by atoms with van der Waals surface area (Å²) in [6, 6.07) is 8.64. The second kappa shape index (κ2) is 8.28. The zero-order valence-corrected chi connectivity index (χ0v) is 11.5. The first kappa shape index (κ1) is 15.2. The molecule has 0 atom stereocenters. The molecule has 0 radical (unpaired) electrons. The minimum absolute atomic E-state index is 0.103. The van der Waals surface area contributed by atoms with Crippen LogP contribution in [-0.4, -0.2) is 25.2 Å². The van der Waals surface area contributed by atoms with Crippen LogP contribution in [0.4, 0.5) is 0 Å². The second-order valence-electron chi connectivity index (χ2n) is 4.57. The Morgan fingerprint density at radius 3 is 2.58 bits per heavy atom. The molecule has 1 rings (SSSR count). The number of benzene rings is 1. The third-order valence-electron chi connectivity index (χ3n) is 2.58. The van der Waals surface area contributed by atoms with Crippen LogP contribution >= 0.6 is 0 Å². The largest absolute Gasteiger partial charge is 0.379 e. The Kier molecular flexibility index (Phi) is 6.62. The molecular formula is C15H20N2O2. The van der Waals surface area contributed by atoms with Crippen LogP contribution in [0.25, 0.3) is 0 Å². The first-order valence-corrected chi connectivity index (χ1v) is 6.53. The number of nitriles is 1. The molecule has 0 fully saturated rings. The Hall–Kier alpha value is -1.86. The summed E-state index contributed by atoms with van der Waals surface area (Å²) >= 11 is 0. The van der Waals surface area contributed by atoms with E-state index in [4.69, 9.17) is 10.00 Å². The fraction of sp³-hybridized carbons (Fsp3) is 0.467. The second-order valence-corrected chi connectivity index (χ2v) is 4.57. The molecule has 0 aliphatic heterocycles. The average molecular weight is 260 g/mol. The van der Waals surface area contributed by atoms with Gasteiger partial charge < -0.3 is 10.1 Å². The van der Waals surface area contributed by atoms with E-state index in [9.17, 15) is 4.79 Å². The Morgan fingerprint density at radius 2 is 2.00 bits per heavy atom. The molecule has 19 heavy (non-hydrogen) atoms. The molecule has 1 aromatic rings. The van der Waals surface area contributed by atoms with Gasteiger partial charge in [0.05, 0.1) is 17.7 Å². The van der Waals surface area contributed by atoms with Crippen molar-refractivity contribution in [1.82, 2.24) is 5.32 Å². The minimum Gasteiger partial charge on any atom is -0.379 e. The molecule has 0 saturated carbocycles. The third kappa shape index (κ3) is 6.03. The van der Waals surface area contributed by atoms with Crippen molar-refractivity contribution in [2.45, 2.75) is 32.8 Å². The lowest BCUT2D eigenvalue weighted by atomic mass is 10.1. The van der Waals surface area contributed by atoms with Crippen molar-refractivity contribution in [1.29, 1.82) is 5.26 Å². The molecule has 0 aliphatic carbocycles. The van der Waals surface area contributed by atoms with Crippen LogP contribution < -0.4 is 5.32 Å². The highest BCUT2D eigenvalue weighted by Gasteiger charge is 2.04. The SMILES string of the molecule is CC(C)OCCCCNC(=O)c1ccc(C#N)cc1. The zero-order chi connectivity index (χ0) is 14.1. The number of nitrogens with one attached hydrogen (secondary N) is 1. The van der Waals surface area contributed by atoms with Gasteiger partial charge in [0.15, 0.2) is 0 Å². The number of nitrogens with zero attached hydrogens (tertiary/aromatic N) is 1. The fourth-order valence-corrected chi connectivity index (χ4v) is 1.55. The summed E-state index contributed by atoms with van der Waals surface area (Å²) in [5.41, 5.74) is 1.14. The van der Waals surface area contributed by atoms with E-state index in [0.29, 0.717) is 17.7 Å². The van der Waals surface area contributed by atoms with E-state index in [-0.39, 0.29) is 12.0 Å². The van der Waals surface area contributed by atoms with Gasteiger partial charge in [-0.3, -0.25) is 4.79 Å². The Balaban J connectivity index is 2.22. The maximum Gasteiger partial charge on any atom is 0.251 e. The van der Waals surface area contributed by atoms with Crippen LogP contribution in [0.5, 0.6) is 0 Å². The summed E-state index contributed by atoms with van der Waals surface area (Å²) in [5, 5.41) is 11.5. The van der Waals surface area contributed by atoms with Crippen molar-refractivity contribution < 1.29 is 9.53 Å². The van der Waals surface area contributed by atoms with E-state index in [0.717, 1.165) is 19.4 Å². The summed E-state index contributed by atoms with van der Waals surface area (Å²) in [5.74, 6) is -0.103. The highest BCUT2D eigenvalue weighted by molar-refractivity contribution is 5.94. The molecule has 4 heteroatoms. The van der Waals surface area contributed by atoms with E-state index in [1.165, 1.54) is 0 Å². The molecule has 0 bridgehead atoms. The molecule has 4 nitrogen and oxygen atoms in total. The van der Waals surface area contributed by atoms with E-state index < -0.39 is 0 Å². The topological polar surface area (TPSA) is 62.1 Å². The summed E-state index contributed by atoms with van der Waals surface area (Å²) in [6.45, 7) is 5.38. The maximum absolute atomic E-state index is 11.8. The molecule has 0 saturated heterocycles. The third-order valence-corrected chi connectivity index (χ3v) is 2.58. The highest BCUT2D eigenvalue weighted by atomic mass is 16.5. The van der Waals surface area contributed by atoms with Crippen molar-refractivity contribution >= 4 is 5.91 Å². The molecule has 1 N–H and O–H groups in total. The number of carbonyl (C=O) groups excluding carboxylic acids is 1. The molecule has 0 aliphatic rings. The summed E-state index contributed by atoms with van der Waals surface area (Å²) < 4.78 is 5.42. The van der Waals surface area contributed by atoms with Gasteiger partial charge in [-0.1, -0.05) is 0 Å². The van der Waals surface area contributed by atoms with Crippen LogP contribution in [0.3, 0.4) is 0 Å². The van der Waals surface area contributed by atoms with Crippen molar-refractivity contribution in [3.05, 3.63) is 35.4 Å². The molecular weight excluding hydrogens is 240 g/mol. The Morgan fingerprint density at radius 1 is 1.32 bits per heavy atom. The molecule has 0 aromatic heterocycles.